The first-order valence-electron chi connectivity index (χ1n) is 6.14. The summed E-state index contributed by atoms with van der Waals surface area (Å²) >= 11 is 0. The molecule has 2 N–H and O–H groups in total. The summed E-state index contributed by atoms with van der Waals surface area (Å²) in [6.45, 7) is 3.52. The van der Waals surface area contributed by atoms with Crippen LogP contribution in [0.3, 0.4) is 0 Å². The minimum atomic E-state index is -0.0403. The number of tetrazole rings is 1. The minimum absolute atomic E-state index is 0.0403. The molecule has 0 unspecified atom stereocenters. The zero-order valence-corrected chi connectivity index (χ0v) is 10.7. The maximum atomic E-state index is 11.8. The Kier molecular flexibility index (Phi) is 4.57. The molecular formula is C12H16N6O. The zero-order chi connectivity index (χ0) is 13.5. The second-order valence-corrected chi connectivity index (χ2v) is 3.92. The van der Waals surface area contributed by atoms with Crippen LogP contribution < -0.4 is 10.6 Å². The van der Waals surface area contributed by atoms with E-state index in [0.717, 1.165) is 12.2 Å². The van der Waals surface area contributed by atoms with Crippen LogP contribution in [0.2, 0.25) is 0 Å². The lowest BCUT2D eigenvalue weighted by Gasteiger charge is -2.10. The molecule has 0 fully saturated rings. The lowest BCUT2D eigenvalue weighted by Crippen LogP contribution is -2.21. The van der Waals surface area contributed by atoms with Gasteiger partial charge < -0.3 is 10.6 Å². The first-order valence-corrected chi connectivity index (χ1v) is 6.14. The Morgan fingerprint density at radius 2 is 2.21 bits per heavy atom. The van der Waals surface area contributed by atoms with Gasteiger partial charge in [-0.2, -0.15) is 4.68 Å². The number of rotatable bonds is 6. The molecule has 19 heavy (non-hydrogen) atoms. The summed E-state index contributed by atoms with van der Waals surface area (Å²) in [6, 6.07) is 7.39. The highest BCUT2D eigenvalue weighted by molar-refractivity contribution is 5.92. The van der Waals surface area contributed by atoms with Gasteiger partial charge >= 0.3 is 0 Å². The Labute approximate surface area is 111 Å². The van der Waals surface area contributed by atoms with Crippen molar-refractivity contribution < 1.29 is 4.79 Å². The third kappa shape index (κ3) is 3.59. The predicted molar refractivity (Wildman–Crippen MR) is 70.9 cm³/mol. The van der Waals surface area contributed by atoms with E-state index in [1.54, 1.807) is 0 Å². The number of aromatic nitrogens is 4. The van der Waals surface area contributed by atoms with Gasteiger partial charge in [0.1, 0.15) is 6.33 Å². The van der Waals surface area contributed by atoms with Crippen molar-refractivity contribution in [3.05, 3.63) is 30.6 Å². The summed E-state index contributed by atoms with van der Waals surface area (Å²) in [4.78, 5) is 11.8. The first kappa shape index (κ1) is 13.2. The molecule has 0 aliphatic heterocycles. The van der Waals surface area contributed by atoms with E-state index in [4.69, 9.17) is 0 Å². The third-order valence-electron chi connectivity index (χ3n) is 2.55. The Morgan fingerprint density at radius 1 is 1.37 bits per heavy atom. The van der Waals surface area contributed by atoms with Gasteiger partial charge in [-0.05, 0) is 29.1 Å². The number of hydrogen-bond donors (Lipinski definition) is 2. The number of para-hydroxylation sites is 2. The molecule has 0 spiro atoms. The van der Waals surface area contributed by atoms with E-state index in [1.165, 1.54) is 11.0 Å². The summed E-state index contributed by atoms with van der Waals surface area (Å²) in [5.41, 5.74) is 1.43. The molecule has 0 saturated heterocycles. The van der Waals surface area contributed by atoms with Gasteiger partial charge in [0, 0.05) is 13.0 Å². The lowest BCUT2D eigenvalue weighted by molar-refractivity contribution is -0.116. The zero-order valence-electron chi connectivity index (χ0n) is 10.7. The molecule has 7 nitrogen and oxygen atoms in total. The van der Waals surface area contributed by atoms with Gasteiger partial charge in [0.25, 0.3) is 0 Å². The van der Waals surface area contributed by atoms with Crippen molar-refractivity contribution in [1.29, 1.82) is 0 Å². The van der Waals surface area contributed by atoms with Crippen LogP contribution in [0.15, 0.2) is 30.6 Å². The first-order chi connectivity index (χ1) is 9.31. The quantitative estimate of drug-likeness (QED) is 0.743. The number of anilines is 1. The van der Waals surface area contributed by atoms with Crippen LogP contribution >= 0.6 is 0 Å². The SMILES string of the molecule is CCNCCC(=O)Nc1ccccc1-n1cnnn1. The van der Waals surface area contributed by atoms with Crippen molar-refractivity contribution in [2.24, 2.45) is 0 Å². The predicted octanol–water partition coefficient (Wildman–Crippen LogP) is 0.600. The van der Waals surface area contributed by atoms with E-state index < -0.39 is 0 Å². The maximum absolute atomic E-state index is 11.8. The summed E-state index contributed by atoms with van der Waals surface area (Å²) in [6.07, 6.45) is 1.92. The Balaban J connectivity index is 2.06. The van der Waals surface area contributed by atoms with Crippen LogP contribution in [0.1, 0.15) is 13.3 Å². The molecule has 0 bridgehead atoms. The minimum Gasteiger partial charge on any atom is -0.324 e. The van der Waals surface area contributed by atoms with Gasteiger partial charge in [-0.25, -0.2) is 0 Å². The molecule has 1 aromatic carbocycles. The number of carbonyl (C=O) groups is 1. The van der Waals surface area contributed by atoms with Crippen LogP contribution in [0.5, 0.6) is 0 Å². The van der Waals surface area contributed by atoms with Gasteiger partial charge in [0.05, 0.1) is 11.4 Å². The fraction of sp³-hybridized carbons (Fsp3) is 0.333. The maximum Gasteiger partial charge on any atom is 0.225 e. The molecule has 7 heteroatoms. The smallest absolute Gasteiger partial charge is 0.225 e. The monoisotopic (exact) mass is 260 g/mol. The number of amides is 1. The molecule has 0 aliphatic carbocycles. The number of benzene rings is 1. The summed E-state index contributed by atoms with van der Waals surface area (Å²) < 4.78 is 1.51. The Hall–Kier alpha value is -2.28. The molecule has 2 aromatic rings. The summed E-state index contributed by atoms with van der Waals surface area (Å²) in [5, 5.41) is 17.0. The molecule has 0 radical (unpaired) electrons. The molecule has 2 rings (SSSR count). The van der Waals surface area contributed by atoms with Crippen LogP contribution in [-0.2, 0) is 4.79 Å². The van der Waals surface area contributed by atoms with Gasteiger partial charge in [-0.3, -0.25) is 4.79 Å². The second kappa shape index (κ2) is 6.60. The van der Waals surface area contributed by atoms with Crippen molar-refractivity contribution in [1.82, 2.24) is 25.5 Å². The summed E-state index contributed by atoms with van der Waals surface area (Å²) in [5.74, 6) is -0.0403. The highest BCUT2D eigenvalue weighted by Crippen LogP contribution is 2.18. The second-order valence-electron chi connectivity index (χ2n) is 3.92. The van der Waals surface area contributed by atoms with Crippen LogP contribution in [0.4, 0.5) is 5.69 Å². The third-order valence-corrected chi connectivity index (χ3v) is 2.55. The van der Waals surface area contributed by atoms with Crippen molar-refractivity contribution in [2.75, 3.05) is 18.4 Å². The van der Waals surface area contributed by atoms with E-state index in [-0.39, 0.29) is 5.91 Å². The summed E-state index contributed by atoms with van der Waals surface area (Å²) in [7, 11) is 0. The van der Waals surface area contributed by atoms with Crippen LogP contribution in [0.25, 0.3) is 5.69 Å². The number of hydrogen-bond acceptors (Lipinski definition) is 5. The molecule has 0 saturated carbocycles. The van der Waals surface area contributed by atoms with E-state index in [9.17, 15) is 4.79 Å². The van der Waals surface area contributed by atoms with E-state index >= 15 is 0 Å². The van der Waals surface area contributed by atoms with E-state index in [2.05, 4.69) is 26.2 Å². The van der Waals surface area contributed by atoms with Crippen molar-refractivity contribution in [3.8, 4) is 5.69 Å². The number of nitrogens with one attached hydrogen (secondary N) is 2. The topological polar surface area (TPSA) is 84.7 Å². The lowest BCUT2D eigenvalue weighted by atomic mass is 10.2. The van der Waals surface area contributed by atoms with Crippen LogP contribution in [-0.4, -0.2) is 39.2 Å². The van der Waals surface area contributed by atoms with Crippen molar-refractivity contribution in [3.63, 3.8) is 0 Å². The van der Waals surface area contributed by atoms with Crippen molar-refractivity contribution >= 4 is 11.6 Å². The number of carbonyl (C=O) groups excluding carboxylic acids is 1. The molecule has 1 aromatic heterocycles. The molecule has 100 valence electrons. The molecule has 1 heterocycles. The fourth-order valence-electron chi connectivity index (χ4n) is 1.64. The molecule has 1 amide bonds. The highest BCUT2D eigenvalue weighted by atomic mass is 16.1. The van der Waals surface area contributed by atoms with Gasteiger partial charge in [0.2, 0.25) is 5.91 Å². The molecule has 0 atom stereocenters. The van der Waals surface area contributed by atoms with Gasteiger partial charge in [-0.15, -0.1) is 5.10 Å². The van der Waals surface area contributed by atoms with Crippen LogP contribution in [0, 0.1) is 0 Å². The van der Waals surface area contributed by atoms with Gasteiger partial charge in [0.15, 0.2) is 0 Å². The normalized spacial score (nSPS) is 10.4. The highest BCUT2D eigenvalue weighted by Gasteiger charge is 2.08. The van der Waals surface area contributed by atoms with Crippen molar-refractivity contribution in [2.45, 2.75) is 13.3 Å². The molecular weight excluding hydrogens is 244 g/mol. The van der Waals surface area contributed by atoms with E-state index in [0.29, 0.717) is 18.7 Å². The molecule has 0 aliphatic rings. The Morgan fingerprint density at radius 3 is 2.95 bits per heavy atom. The fourth-order valence-corrected chi connectivity index (χ4v) is 1.64. The van der Waals surface area contributed by atoms with E-state index in [1.807, 2.05) is 31.2 Å². The standard InChI is InChI=1S/C12H16N6O/c1-2-13-8-7-12(19)15-10-5-3-4-6-11(10)18-9-14-16-17-18/h3-6,9,13H,2,7-8H2,1H3,(H,15,19). The largest absolute Gasteiger partial charge is 0.324 e. The Bertz CT molecular complexity index is 525. The van der Waals surface area contributed by atoms with Gasteiger partial charge in [-0.1, -0.05) is 19.1 Å². The average molecular weight is 260 g/mol. The average Bonchev–Trinajstić information content (AvgIpc) is 2.93. The number of nitrogens with zero attached hydrogens (tertiary/aromatic N) is 4.